The van der Waals surface area contributed by atoms with Crippen molar-refractivity contribution in [2.75, 3.05) is 0 Å². The van der Waals surface area contributed by atoms with Crippen molar-refractivity contribution in [3.63, 3.8) is 0 Å². The second kappa shape index (κ2) is 5.45. The van der Waals surface area contributed by atoms with Crippen LogP contribution < -0.4 is 5.32 Å². The highest BCUT2D eigenvalue weighted by atomic mass is 35.5. The first-order chi connectivity index (χ1) is 7.84. The van der Waals surface area contributed by atoms with Crippen molar-refractivity contribution in [1.29, 1.82) is 0 Å². The number of rotatable bonds is 4. The summed E-state index contributed by atoms with van der Waals surface area (Å²) in [5.41, 5.74) is 0.337. The van der Waals surface area contributed by atoms with E-state index in [1.807, 2.05) is 0 Å². The first-order valence-corrected chi connectivity index (χ1v) is 5.65. The average Bonchev–Trinajstić information content (AvgIpc) is 2.25. The van der Waals surface area contributed by atoms with Gasteiger partial charge in [0.05, 0.1) is 0 Å². The van der Waals surface area contributed by atoms with Crippen LogP contribution in [0.2, 0.25) is 5.02 Å². The smallest absolute Gasteiger partial charge is 0.269 e. The van der Waals surface area contributed by atoms with Crippen molar-refractivity contribution in [1.82, 2.24) is 5.32 Å². The second-order valence-corrected chi connectivity index (χ2v) is 4.30. The predicted molar refractivity (Wildman–Crippen MR) is 63.2 cm³/mol. The lowest BCUT2D eigenvalue weighted by Crippen LogP contribution is -2.38. The van der Waals surface area contributed by atoms with Crippen molar-refractivity contribution in [3.05, 3.63) is 34.9 Å². The lowest BCUT2D eigenvalue weighted by molar-refractivity contribution is -0.125. The third-order valence-electron chi connectivity index (χ3n) is 2.34. The zero-order chi connectivity index (χ0) is 13.1. The maximum Gasteiger partial charge on any atom is 0.269 e. The van der Waals surface area contributed by atoms with Gasteiger partial charge in [-0.15, -0.1) is 0 Å². The number of hydrogen-bond donors (Lipinski definition) is 1. The zero-order valence-electron chi connectivity index (χ0n) is 9.64. The summed E-state index contributed by atoms with van der Waals surface area (Å²) in [6.07, 6.45) is 0.167. The van der Waals surface area contributed by atoms with E-state index in [0.717, 1.165) is 6.92 Å². The molecule has 17 heavy (non-hydrogen) atoms. The summed E-state index contributed by atoms with van der Waals surface area (Å²) in [5.74, 6) is -3.44. The number of nitrogens with one attached hydrogen (secondary N) is 1. The van der Waals surface area contributed by atoms with Gasteiger partial charge in [-0.2, -0.15) is 0 Å². The molecule has 0 spiro atoms. The fourth-order valence-corrected chi connectivity index (χ4v) is 1.55. The molecule has 0 aliphatic rings. The average molecular weight is 262 g/mol. The molecule has 0 aromatic heterocycles. The van der Waals surface area contributed by atoms with Crippen molar-refractivity contribution < 1.29 is 13.6 Å². The Morgan fingerprint density at radius 2 is 1.94 bits per heavy atom. The summed E-state index contributed by atoms with van der Waals surface area (Å²) in [5, 5.41) is 2.78. The molecule has 0 bridgehead atoms. The molecule has 1 aromatic carbocycles. The molecule has 1 amide bonds. The first kappa shape index (κ1) is 13.9. The molecule has 0 fully saturated rings. The summed E-state index contributed by atoms with van der Waals surface area (Å²) in [6, 6.07) is 4.69. The van der Waals surface area contributed by atoms with Gasteiger partial charge >= 0.3 is 0 Å². The van der Waals surface area contributed by atoms with Crippen LogP contribution in [0, 0.1) is 0 Å². The first-order valence-electron chi connectivity index (χ1n) is 5.27. The number of alkyl halides is 2. The van der Waals surface area contributed by atoms with Gasteiger partial charge in [0.2, 0.25) is 5.91 Å². The molecule has 0 aliphatic carbocycles. The molecule has 0 saturated carbocycles. The van der Waals surface area contributed by atoms with Crippen molar-refractivity contribution >= 4 is 17.5 Å². The van der Waals surface area contributed by atoms with E-state index in [4.69, 9.17) is 11.6 Å². The van der Waals surface area contributed by atoms with E-state index in [1.165, 1.54) is 24.3 Å². The number of amides is 1. The molecule has 1 N–H and O–H groups in total. The van der Waals surface area contributed by atoms with Crippen LogP contribution in [0.3, 0.4) is 0 Å². The van der Waals surface area contributed by atoms with Crippen LogP contribution in [0.5, 0.6) is 0 Å². The summed E-state index contributed by atoms with van der Waals surface area (Å²) in [6.45, 7) is 2.39. The molecule has 94 valence electrons. The largest absolute Gasteiger partial charge is 0.343 e. The third-order valence-corrected chi connectivity index (χ3v) is 2.59. The molecule has 1 unspecified atom stereocenters. The highest BCUT2D eigenvalue weighted by molar-refractivity contribution is 6.30. The number of carbonyl (C=O) groups excluding carboxylic acids is 1. The molecule has 0 saturated heterocycles. The number of carbonyl (C=O) groups is 1. The molecule has 2 nitrogen and oxygen atoms in total. The Hall–Kier alpha value is -1.16. The van der Waals surface area contributed by atoms with Crippen molar-refractivity contribution in [2.24, 2.45) is 0 Å². The van der Waals surface area contributed by atoms with E-state index in [9.17, 15) is 13.6 Å². The fraction of sp³-hybridized carbons (Fsp3) is 0.417. The van der Waals surface area contributed by atoms with Gasteiger partial charge in [-0.1, -0.05) is 30.7 Å². The van der Waals surface area contributed by atoms with E-state index < -0.39 is 17.9 Å². The molecule has 0 aliphatic heterocycles. The van der Waals surface area contributed by atoms with Crippen molar-refractivity contribution in [2.45, 2.75) is 32.2 Å². The van der Waals surface area contributed by atoms with Gasteiger partial charge in [-0.3, -0.25) is 4.79 Å². The SMILES string of the molecule is CCC(=O)NC(c1ccc(Cl)cc1)C(C)(F)F. The lowest BCUT2D eigenvalue weighted by atomic mass is 10.0. The number of benzene rings is 1. The van der Waals surface area contributed by atoms with Crippen molar-refractivity contribution in [3.8, 4) is 0 Å². The van der Waals surface area contributed by atoms with Crippen LogP contribution >= 0.6 is 11.6 Å². The molecule has 0 heterocycles. The van der Waals surface area contributed by atoms with Gasteiger partial charge in [0.1, 0.15) is 6.04 Å². The van der Waals surface area contributed by atoms with Gasteiger partial charge in [-0.25, -0.2) is 8.78 Å². The minimum Gasteiger partial charge on any atom is -0.343 e. The summed E-state index contributed by atoms with van der Waals surface area (Å²) >= 11 is 5.69. The zero-order valence-corrected chi connectivity index (χ0v) is 10.4. The molecule has 1 aromatic rings. The van der Waals surface area contributed by atoms with Gasteiger partial charge < -0.3 is 5.32 Å². The van der Waals surface area contributed by atoms with E-state index in [-0.39, 0.29) is 6.42 Å². The molecule has 1 rings (SSSR count). The Morgan fingerprint density at radius 3 is 2.35 bits per heavy atom. The standard InChI is InChI=1S/C12H14ClF2NO/c1-3-10(17)16-11(12(2,14)15)8-4-6-9(13)7-5-8/h4-7,11H,3H2,1-2H3,(H,16,17). The summed E-state index contributed by atoms with van der Waals surface area (Å²) in [7, 11) is 0. The Labute approximate surface area is 104 Å². The van der Waals surface area contributed by atoms with Gasteiger partial charge in [0.15, 0.2) is 0 Å². The van der Waals surface area contributed by atoms with E-state index in [0.29, 0.717) is 10.6 Å². The highest BCUT2D eigenvalue weighted by Crippen LogP contribution is 2.31. The van der Waals surface area contributed by atoms with E-state index in [1.54, 1.807) is 6.92 Å². The highest BCUT2D eigenvalue weighted by Gasteiger charge is 2.36. The Bertz CT molecular complexity index is 386. The Morgan fingerprint density at radius 1 is 1.41 bits per heavy atom. The maximum atomic E-state index is 13.4. The Kier molecular flexibility index (Phi) is 4.46. The van der Waals surface area contributed by atoms with Gasteiger partial charge in [0.25, 0.3) is 5.92 Å². The van der Waals surface area contributed by atoms with E-state index >= 15 is 0 Å². The molecule has 0 radical (unpaired) electrons. The summed E-state index contributed by atoms with van der Waals surface area (Å²) < 4.78 is 26.8. The predicted octanol–water partition coefficient (Wildman–Crippen LogP) is 3.56. The van der Waals surface area contributed by atoms with E-state index in [2.05, 4.69) is 5.32 Å². The molecular weight excluding hydrogens is 248 g/mol. The minimum atomic E-state index is -3.03. The van der Waals surface area contributed by atoms with Crippen LogP contribution in [-0.4, -0.2) is 11.8 Å². The maximum absolute atomic E-state index is 13.4. The minimum absolute atomic E-state index is 0.167. The molecular formula is C12H14ClF2NO. The van der Waals surface area contributed by atoms with Crippen LogP contribution in [-0.2, 0) is 4.79 Å². The van der Waals surface area contributed by atoms with Gasteiger partial charge in [-0.05, 0) is 17.7 Å². The van der Waals surface area contributed by atoms with Crippen LogP contribution in [0.25, 0.3) is 0 Å². The summed E-state index contributed by atoms with van der Waals surface area (Å²) in [4.78, 5) is 11.2. The van der Waals surface area contributed by atoms with Crippen LogP contribution in [0.15, 0.2) is 24.3 Å². The normalized spacial score (nSPS) is 13.2. The van der Waals surface area contributed by atoms with Crippen LogP contribution in [0.1, 0.15) is 31.9 Å². The lowest BCUT2D eigenvalue weighted by Gasteiger charge is -2.25. The second-order valence-electron chi connectivity index (χ2n) is 3.86. The number of hydrogen-bond acceptors (Lipinski definition) is 1. The quantitative estimate of drug-likeness (QED) is 0.882. The fourth-order valence-electron chi connectivity index (χ4n) is 1.42. The number of halogens is 3. The Balaban J connectivity index is 2.98. The van der Waals surface area contributed by atoms with Crippen LogP contribution in [0.4, 0.5) is 8.78 Å². The van der Waals surface area contributed by atoms with Gasteiger partial charge in [0, 0.05) is 18.4 Å². The topological polar surface area (TPSA) is 29.1 Å². The molecule has 1 atom stereocenters. The molecule has 5 heteroatoms. The third kappa shape index (κ3) is 3.97. The monoisotopic (exact) mass is 261 g/mol.